The highest BCUT2D eigenvalue weighted by molar-refractivity contribution is 9.10. The quantitative estimate of drug-likeness (QED) is 0.904. The van der Waals surface area contributed by atoms with E-state index in [0.717, 1.165) is 21.7 Å². The lowest BCUT2D eigenvalue weighted by Gasteiger charge is -2.14. The third-order valence-corrected chi connectivity index (χ3v) is 3.47. The summed E-state index contributed by atoms with van der Waals surface area (Å²) >= 11 is 9.24. The molecule has 0 bridgehead atoms. The predicted octanol–water partition coefficient (Wildman–Crippen LogP) is 4.35. The van der Waals surface area contributed by atoms with Gasteiger partial charge in [-0.15, -0.1) is 0 Å². The lowest BCUT2D eigenvalue weighted by Crippen LogP contribution is -2.18. The van der Waals surface area contributed by atoms with E-state index in [2.05, 4.69) is 33.2 Å². The number of nitrogens with one attached hydrogen (secondary N) is 1. The maximum absolute atomic E-state index is 5.87. The number of rotatable bonds is 4. The molecule has 1 unspecified atom stereocenters. The normalized spacial score (nSPS) is 12.4. The fourth-order valence-corrected chi connectivity index (χ4v) is 2.00. The van der Waals surface area contributed by atoms with Gasteiger partial charge in [-0.25, -0.2) is 0 Å². The van der Waals surface area contributed by atoms with Crippen molar-refractivity contribution in [3.8, 4) is 0 Å². The van der Waals surface area contributed by atoms with Crippen LogP contribution in [0.4, 0.5) is 0 Å². The predicted molar refractivity (Wildman–Crippen MR) is 78.6 cm³/mol. The molecule has 1 aromatic heterocycles. The molecule has 2 aromatic rings. The molecule has 0 saturated carbocycles. The summed E-state index contributed by atoms with van der Waals surface area (Å²) in [7, 11) is 0. The highest BCUT2D eigenvalue weighted by Crippen LogP contribution is 2.16. The van der Waals surface area contributed by atoms with E-state index in [1.807, 2.05) is 42.6 Å². The molecule has 1 aromatic carbocycles. The maximum Gasteiger partial charge on any atom is 0.0542 e. The molecule has 0 saturated heterocycles. The second-order valence-electron chi connectivity index (χ2n) is 4.12. The van der Waals surface area contributed by atoms with Gasteiger partial charge in [0.15, 0.2) is 0 Å². The van der Waals surface area contributed by atoms with Crippen LogP contribution in [-0.2, 0) is 6.54 Å². The Morgan fingerprint density at radius 2 is 1.94 bits per heavy atom. The molecule has 0 aliphatic rings. The fourth-order valence-electron chi connectivity index (χ4n) is 1.64. The highest BCUT2D eigenvalue weighted by atomic mass is 79.9. The third kappa shape index (κ3) is 3.80. The van der Waals surface area contributed by atoms with Crippen molar-refractivity contribution in [3.63, 3.8) is 0 Å². The molecule has 0 aliphatic carbocycles. The average Bonchev–Trinajstić information content (AvgIpc) is 2.38. The molecule has 1 atom stereocenters. The van der Waals surface area contributed by atoms with Crippen LogP contribution in [0.3, 0.4) is 0 Å². The molecule has 1 N–H and O–H groups in total. The van der Waals surface area contributed by atoms with Crippen LogP contribution in [0, 0.1) is 0 Å². The molecule has 2 nitrogen and oxygen atoms in total. The van der Waals surface area contributed by atoms with E-state index in [9.17, 15) is 0 Å². The minimum absolute atomic E-state index is 0.271. The van der Waals surface area contributed by atoms with Gasteiger partial charge in [0.2, 0.25) is 0 Å². The summed E-state index contributed by atoms with van der Waals surface area (Å²) < 4.78 is 0.997. The molecule has 0 fully saturated rings. The fraction of sp³-hybridized carbons (Fsp3) is 0.214. The van der Waals surface area contributed by atoms with Crippen LogP contribution >= 0.6 is 27.5 Å². The Hall–Kier alpha value is -0.900. The molecule has 2 rings (SSSR count). The standard InChI is InChI=1S/C14H14BrClN2/c1-10(11-2-5-13(16)6-3-11)17-9-14-7-4-12(15)8-18-14/h2-8,10,17H,9H2,1H3. The van der Waals surface area contributed by atoms with Crippen molar-refractivity contribution in [2.75, 3.05) is 0 Å². The average molecular weight is 326 g/mol. The molecule has 0 radical (unpaired) electrons. The Morgan fingerprint density at radius 3 is 2.56 bits per heavy atom. The highest BCUT2D eigenvalue weighted by Gasteiger charge is 2.04. The van der Waals surface area contributed by atoms with Crippen molar-refractivity contribution < 1.29 is 0 Å². The summed E-state index contributed by atoms with van der Waals surface area (Å²) in [5.74, 6) is 0. The minimum Gasteiger partial charge on any atom is -0.305 e. The van der Waals surface area contributed by atoms with Gasteiger partial charge >= 0.3 is 0 Å². The van der Waals surface area contributed by atoms with Crippen molar-refractivity contribution >= 4 is 27.5 Å². The molecule has 0 aliphatic heterocycles. The molecule has 1 heterocycles. The zero-order valence-corrected chi connectivity index (χ0v) is 12.4. The number of hydrogen-bond acceptors (Lipinski definition) is 2. The van der Waals surface area contributed by atoms with Crippen LogP contribution in [0.1, 0.15) is 24.2 Å². The summed E-state index contributed by atoms with van der Waals surface area (Å²) in [6.07, 6.45) is 1.81. The van der Waals surface area contributed by atoms with Gasteiger partial charge in [0.25, 0.3) is 0 Å². The Morgan fingerprint density at radius 1 is 1.22 bits per heavy atom. The van der Waals surface area contributed by atoms with Crippen molar-refractivity contribution in [2.24, 2.45) is 0 Å². The van der Waals surface area contributed by atoms with E-state index < -0.39 is 0 Å². The number of aromatic nitrogens is 1. The van der Waals surface area contributed by atoms with E-state index in [1.54, 1.807) is 0 Å². The van der Waals surface area contributed by atoms with Gasteiger partial charge in [-0.3, -0.25) is 4.98 Å². The van der Waals surface area contributed by atoms with E-state index in [-0.39, 0.29) is 6.04 Å². The molecule has 4 heteroatoms. The number of nitrogens with zero attached hydrogens (tertiary/aromatic N) is 1. The van der Waals surface area contributed by atoms with Crippen molar-refractivity contribution in [3.05, 3.63) is 63.3 Å². The van der Waals surface area contributed by atoms with Crippen molar-refractivity contribution in [1.29, 1.82) is 0 Å². The first-order valence-corrected chi connectivity index (χ1v) is 6.91. The summed E-state index contributed by atoms with van der Waals surface area (Å²) in [6, 6.07) is 12.2. The Bertz CT molecular complexity index is 496. The number of benzene rings is 1. The summed E-state index contributed by atoms with van der Waals surface area (Å²) in [6.45, 7) is 2.87. The molecule has 0 spiro atoms. The molecule has 0 amide bonds. The summed E-state index contributed by atoms with van der Waals surface area (Å²) in [5.41, 5.74) is 2.25. The second-order valence-corrected chi connectivity index (χ2v) is 5.47. The van der Waals surface area contributed by atoms with Crippen LogP contribution in [0.25, 0.3) is 0 Å². The van der Waals surface area contributed by atoms with Gasteiger partial charge in [-0.1, -0.05) is 23.7 Å². The van der Waals surface area contributed by atoms with Crippen molar-refractivity contribution in [2.45, 2.75) is 19.5 Å². The largest absolute Gasteiger partial charge is 0.305 e. The molecule has 18 heavy (non-hydrogen) atoms. The first-order chi connectivity index (χ1) is 8.65. The first-order valence-electron chi connectivity index (χ1n) is 5.74. The zero-order valence-electron chi connectivity index (χ0n) is 10.0. The second kappa shape index (κ2) is 6.32. The van der Waals surface area contributed by atoms with E-state index in [1.165, 1.54) is 5.56 Å². The van der Waals surface area contributed by atoms with Crippen LogP contribution in [0.2, 0.25) is 5.02 Å². The lowest BCUT2D eigenvalue weighted by molar-refractivity contribution is 0.568. The molecular weight excluding hydrogens is 312 g/mol. The van der Waals surface area contributed by atoms with Crippen LogP contribution in [-0.4, -0.2) is 4.98 Å². The van der Waals surface area contributed by atoms with Gasteiger partial charge in [0, 0.05) is 28.3 Å². The Kier molecular flexibility index (Phi) is 4.75. The Labute approximate surface area is 121 Å². The van der Waals surface area contributed by atoms with Crippen molar-refractivity contribution in [1.82, 2.24) is 10.3 Å². The van der Waals surface area contributed by atoms with Crippen LogP contribution < -0.4 is 5.32 Å². The number of hydrogen-bond donors (Lipinski definition) is 1. The van der Waals surface area contributed by atoms with E-state index in [4.69, 9.17) is 11.6 Å². The number of halogens is 2. The van der Waals surface area contributed by atoms with Gasteiger partial charge < -0.3 is 5.32 Å². The molecule has 94 valence electrons. The van der Waals surface area contributed by atoms with Crippen LogP contribution in [0.5, 0.6) is 0 Å². The monoisotopic (exact) mass is 324 g/mol. The third-order valence-electron chi connectivity index (χ3n) is 2.75. The Balaban J connectivity index is 1.93. The van der Waals surface area contributed by atoms with Gasteiger partial charge in [-0.2, -0.15) is 0 Å². The topological polar surface area (TPSA) is 24.9 Å². The SMILES string of the molecule is CC(NCc1ccc(Br)cn1)c1ccc(Cl)cc1. The lowest BCUT2D eigenvalue weighted by atomic mass is 10.1. The first kappa shape index (κ1) is 13.5. The van der Waals surface area contributed by atoms with E-state index in [0.29, 0.717) is 0 Å². The van der Waals surface area contributed by atoms with Gasteiger partial charge in [0.05, 0.1) is 5.69 Å². The molecular formula is C14H14BrClN2. The smallest absolute Gasteiger partial charge is 0.0542 e. The zero-order chi connectivity index (χ0) is 13.0. The van der Waals surface area contributed by atoms with E-state index >= 15 is 0 Å². The minimum atomic E-state index is 0.271. The number of pyridine rings is 1. The van der Waals surface area contributed by atoms with Gasteiger partial charge in [0.1, 0.15) is 0 Å². The van der Waals surface area contributed by atoms with Crippen LogP contribution in [0.15, 0.2) is 47.1 Å². The van der Waals surface area contributed by atoms with Gasteiger partial charge in [-0.05, 0) is 52.7 Å². The summed E-state index contributed by atoms with van der Waals surface area (Å²) in [4.78, 5) is 4.33. The maximum atomic E-state index is 5.87. The summed E-state index contributed by atoms with van der Waals surface area (Å²) in [5, 5.41) is 4.20.